The molecule has 0 aromatic carbocycles. The van der Waals surface area contributed by atoms with Crippen molar-refractivity contribution in [2.45, 2.75) is 39.3 Å². The van der Waals surface area contributed by atoms with Gasteiger partial charge in [-0.25, -0.2) is 4.79 Å². The number of ether oxygens (including phenoxy) is 1. The molecule has 3 amide bonds. The van der Waals surface area contributed by atoms with E-state index in [1.807, 2.05) is 13.8 Å². The summed E-state index contributed by atoms with van der Waals surface area (Å²) in [6.45, 7) is 6.59. The molecule has 0 saturated carbocycles. The first-order valence-electron chi connectivity index (χ1n) is 8.91. The standard InChI is InChI=1S/C18H23N3O6/c1-9(2)7-20-5-4-11(16(20)23)6-13-15(18(25)26)21-12(8-27-13)14(17(21)24)19-10(3)22/h6,9,12,14H,4-5,7-8H2,1-3H3,(H,19,22)(H,25,26)/b11-6+/t12-,14+/m1/s1. The molecule has 0 aliphatic carbocycles. The van der Waals surface area contributed by atoms with E-state index in [0.717, 1.165) is 4.90 Å². The van der Waals surface area contributed by atoms with Crippen LogP contribution >= 0.6 is 0 Å². The summed E-state index contributed by atoms with van der Waals surface area (Å²) < 4.78 is 5.58. The molecule has 0 unspecified atom stereocenters. The first-order chi connectivity index (χ1) is 12.7. The van der Waals surface area contributed by atoms with Crippen molar-refractivity contribution in [2.24, 2.45) is 5.92 Å². The van der Waals surface area contributed by atoms with E-state index in [4.69, 9.17) is 4.74 Å². The number of allylic oxidation sites excluding steroid dienone is 1. The molecule has 0 aromatic rings. The SMILES string of the molecule is CC(=O)N[C@@H]1C(=O)N2C(C(=O)O)=C(/C=C3\CCN(CC(C)C)C3=O)OC[C@H]12. The van der Waals surface area contributed by atoms with E-state index in [1.54, 1.807) is 4.90 Å². The van der Waals surface area contributed by atoms with E-state index < -0.39 is 24.0 Å². The molecule has 3 heterocycles. The normalized spacial score (nSPS) is 26.3. The summed E-state index contributed by atoms with van der Waals surface area (Å²) in [6, 6.07) is -1.35. The Morgan fingerprint density at radius 3 is 2.67 bits per heavy atom. The Morgan fingerprint density at radius 2 is 2.07 bits per heavy atom. The van der Waals surface area contributed by atoms with Crippen molar-refractivity contribution in [3.8, 4) is 0 Å². The third-order valence-electron chi connectivity index (χ3n) is 4.77. The number of carbonyl (C=O) groups excluding carboxylic acids is 3. The molecule has 27 heavy (non-hydrogen) atoms. The zero-order valence-corrected chi connectivity index (χ0v) is 15.5. The molecule has 2 fully saturated rings. The number of hydrogen-bond acceptors (Lipinski definition) is 5. The van der Waals surface area contributed by atoms with E-state index in [-0.39, 0.29) is 29.9 Å². The summed E-state index contributed by atoms with van der Waals surface area (Å²) in [7, 11) is 0. The fourth-order valence-corrected chi connectivity index (χ4v) is 3.62. The van der Waals surface area contributed by atoms with Gasteiger partial charge in [0.1, 0.15) is 18.7 Å². The van der Waals surface area contributed by atoms with Crippen LogP contribution in [0.15, 0.2) is 23.1 Å². The van der Waals surface area contributed by atoms with Gasteiger partial charge in [-0.05, 0) is 18.4 Å². The lowest BCUT2D eigenvalue weighted by molar-refractivity contribution is -0.160. The average molecular weight is 377 g/mol. The average Bonchev–Trinajstić information content (AvgIpc) is 2.91. The molecule has 0 spiro atoms. The Labute approximate surface area is 156 Å². The maximum atomic E-state index is 12.5. The lowest BCUT2D eigenvalue weighted by Gasteiger charge is -2.49. The zero-order chi connectivity index (χ0) is 19.9. The monoisotopic (exact) mass is 377 g/mol. The van der Waals surface area contributed by atoms with Gasteiger partial charge in [-0.1, -0.05) is 13.8 Å². The van der Waals surface area contributed by atoms with Crippen LogP contribution in [0.1, 0.15) is 27.2 Å². The molecule has 0 bridgehead atoms. The number of carbonyl (C=O) groups is 4. The van der Waals surface area contributed by atoms with Gasteiger partial charge in [-0.2, -0.15) is 0 Å². The third kappa shape index (κ3) is 3.41. The second-order valence-electron chi connectivity index (χ2n) is 7.35. The predicted octanol–water partition coefficient (Wildman–Crippen LogP) is -0.157. The van der Waals surface area contributed by atoms with Crippen molar-refractivity contribution < 1.29 is 29.0 Å². The minimum absolute atomic E-state index is 0.00289. The number of hydrogen-bond donors (Lipinski definition) is 2. The largest absolute Gasteiger partial charge is 0.489 e. The highest BCUT2D eigenvalue weighted by Crippen LogP contribution is 2.34. The number of carboxylic acids is 1. The molecular formula is C18H23N3O6. The highest BCUT2D eigenvalue weighted by molar-refractivity contribution is 6.02. The predicted molar refractivity (Wildman–Crippen MR) is 93.0 cm³/mol. The molecule has 3 aliphatic heterocycles. The van der Waals surface area contributed by atoms with Crippen molar-refractivity contribution >= 4 is 23.7 Å². The number of nitrogens with one attached hydrogen (secondary N) is 1. The fraction of sp³-hybridized carbons (Fsp3) is 0.556. The van der Waals surface area contributed by atoms with Crippen LogP contribution in [0.25, 0.3) is 0 Å². The van der Waals surface area contributed by atoms with Gasteiger partial charge in [0.15, 0.2) is 11.5 Å². The van der Waals surface area contributed by atoms with Crippen LogP contribution in [0, 0.1) is 5.92 Å². The number of likely N-dealkylation sites (tertiary alicyclic amines) is 1. The molecule has 2 atom stereocenters. The zero-order valence-electron chi connectivity index (χ0n) is 15.5. The summed E-state index contributed by atoms with van der Waals surface area (Å²) in [5, 5.41) is 12.1. The summed E-state index contributed by atoms with van der Waals surface area (Å²) in [4.78, 5) is 50.6. The number of amides is 3. The number of carboxylic acid groups (broad SMARTS) is 1. The van der Waals surface area contributed by atoms with Crippen molar-refractivity contribution in [2.75, 3.05) is 19.7 Å². The molecule has 2 saturated heterocycles. The van der Waals surface area contributed by atoms with E-state index >= 15 is 0 Å². The lowest BCUT2D eigenvalue weighted by Crippen LogP contribution is -2.73. The van der Waals surface area contributed by atoms with Gasteiger partial charge in [0.05, 0.1) is 0 Å². The number of β-lactam (4-membered cyclic amide) rings is 1. The molecule has 0 aromatic heterocycles. The maximum Gasteiger partial charge on any atom is 0.356 e. The fourth-order valence-electron chi connectivity index (χ4n) is 3.62. The van der Waals surface area contributed by atoms with E-state index in [1.165, 1.54) is 13.0 Å². The van der Waals surface area contributed by atoms with Crippen LogP contribution in [-0.4, -0.2) is 70.4 Å². The molecule has 9 nitrogen and oxygen atoms in total. The van der Waals surface area contributed by atoms with Crippen LogP contribution in [0.4, 0.5) is 0 Å². The Hall–Kier alpha value is -2.84. The summed E-state index contributed by atoms with van der Waals surface area (Å²) in [6.07, 6.45) is 1.93. The van der Waals surface area contributed by atoms with Gasteiger partial charge in [-0.3, -0.25) is 19.3 Å². The second-order valence-corrected chi connectivity index (χ2v) is 7.35. The van der Waals surface area contributed by atoms with Crippen molar-refractivity contribution in [1.82, 2.24) is 15.1 Å². The van der Waals surface area contributed by atoms with Gasteiger partial charge in [-0.15, -0.1) is 0 Å². The minimum atomic E-state index is -1.31. The van der Waals surface area contributed by atoms with Crippen molar-refractivity contribution in [3.63, 3.8) is 0 Å². The van der Waals surface area contributed by atoms with E-state index in [0.29, 0.717) is 31.0 Å². The minimum Gasteiger partial charge on any atom is -0.489 e. The number of fused-ring (bicyclic) bond motifs is 1. The summed E-state index contributed by atoms with van der Waals surface area (Å²) in [5.74, 6) is -1.99. The van der Waals surface area contributed by atoms with Gasteiger partial charge < -0.3 is 20.1 Å². The molecule has 2 N–H and O–H groups in total. The Morgan fingerprint density at radius 1 is 1.37 bits per heavy atom. The quantitative estimate of drug-likeness (QED) is 0.508. The maximum absolute atomic E-state index is 12.5. The highest BCUT2D eigenvalue weighted by atomic mass is 16.5. The van der Waals surface area contributed by atoms with Crippen LogP contribution < -0.4 is 5.32 Å². The van der Waals surface area contributed by atoms with E-state index in [2.05, 4.69) is 5.32 Å². The van der Waals surface area contributed by atoms with Crippen LogP contribution in [0.5, 0.6) is 0 Å². The molecule has 0 radical (unpaired) electrons. The molecular weight excluding hydrogens is 354 g/mol. The molecule has 3 rings (SSSR count). The van der Waals surface area contributed by atoms with Gasteiger partial charge in [0, 0.05) is 25.6 Å². The highest BCUT2D eigenvalue weighted by Gasteiger charge is 2.54. The Balaban J connectivity index is 1.86. The van der Waals surface area contributed by atoms with Gasteiger partial charge in [0.2, 0.25) is 11.8 Å². The molecule has 3 aliphatic rings. The van der Waals surface area contributed by atoms with Crippen LogP contribution in [0.2, 0.25) is 0 Å². The number of nitrogens with zero attached hydrogens (tertiary/aromatic N) is 2. The van der Waals surface area contributed by atoms with Gasteiger partial charge >= 0.3 is 5.97 Å². The molecule has 146 valence electrons. The van der Waals surface area contributed by atoms with Crippen LogP contribution in [-0.2, 0) is 23.9 Å². The topological polar surface area (TPSA) is 116 Å². The summed E-state index contributed by atoms with van der Waals surface area (Å²) in [5.41, 5.74) is 0.176. The number of aliphatic carboxylic acids is 1. The smallest absolute Gasteiger partial charge is 0.356 e. The second kappa shape index (κ2) is 7.05. The first-order valence-corrected chi connectivity index (χ1v) is 8.91. The van der Waals surface area contributed by atoms with Crippen LogP contribution in [0.3, 0.4) is 0 Å². The van der Waals surface area contributed by atoms with Crippen molar-refractivity contribution in [3.05, 3.63) is 23.1 Å². The number of rotatable bonds is 5. The van der Waals surface area contributed by atoms with E-state index in [9.17, 15) is 24.3 Å². The third-order valence-corrected chi connectivity index (χ3v) is 4.77. The van der Waals surface area contributed by atoms with Crippen molar-refractivity contribution in [1.29, 1.82) is 0 Å². The lowest BCUT2D eigenvalue weighted by atomic mass is 9.92. The molecule has 9 heteroatoms. The Bertz CT molecular complexity index is 769. The Kier molecular flexibility index (Phi) is 4.95. The first kappa shape index (κ1) is 18.9. The summed E-state index contributed by atoms with van der Waals surface area (Å²) >= 11 is 0. The van der Waals surface area contributed by atoms with Gasteiger partial charge in [0.25, 0.3) is 5.91 Å².